The van der Waals surface area contributed by atoms with E-state index in [0.717, 1.165) is 49.9 Å². The molecule has 2 N–H and O–H groups in total. The van der Waals surface area contributed by atoms with Crippen molar-refractivity contribution < 1.29 is 5.11 Å². The van der Waals surface area contributed by atoms with Gasteiger partial charge < -0.3 is 20.2 Å². The van der Waals surface area contributed by atoms with Crippen LogP contribution in [0, 0.1) is 0 Å². The summed E-state index contributed by atoms with van der Waals surface area (Å²) in [5.74, 6) is 1.23. The Morgan fingerprint density at radius 2 is 1.71 bits per heavy atom. The third-order valence-corrected chi connectivity index (χ3v) is 5.34. The number of hydrogen-bond acceptors (Lipinski definition) is 4. The highest BCUT2D eigenvalue weighted by Crippen LogP contribution is 2.27. The Labute approximate surface area is 200 Å². The van der Waals surface area contributed by atoms with Gasteiger partial charge in [-0.2, -0.15) is 5.10 Å². The lowest BCUT2D eigenvalue weighted by Crippen LogP contribution is -2.52. The highest BCUT2D eigenvalue weighted by molar-refractivity contribution is 14.0. The fourth-order valence-electron chi connectivity index (χ4n) is 3.76. The van der Waals surface area contributed by atoms with E-state index in [-0.39, 0.29) is 24.0 Å². The van der Waals surface area contributed by atoms with Gasteiger partial charge in [0.1, 0.15) is 5.75 Å². The maximum absolute atomic E-state index is 10.1. The van der Waals surface area contributed by atoms with Gasteiger partial charge in [0.25, 0.3) is 0 Å². The van der Waals surface area contributed by atoms with E-state index >= 15 is 0 Å². The molecule has 1 fully saturated rings. The van der Waals surface area contributed by atoms with Crippen molar-refractivity contribution in [2.24, 2.45) is 4.99 Å². The van der Waals surface area contributed by atoms with Crippen LogP contribution in [-0.4, -0.2) is 59.0 Å². The quantitative estimate of drug-likeness (QED) is 0.300. The third kappa shape index (κ3) is 5.90. The van der Waals surface area contributed by atoms with Crippen LogP contribution >= 0.6 is 24.0 Å². The number of piperazine rings is 1. The monoisotopic (exact) mass is 532 g/mol. The highest BCUT2D eigenvalue weighted by Gasteiger charge is 2.21. The van der Waals surface area contributed by atoms with Gasteiger partial charge in [0.2, 0.25) is 0 Å². The predicted molar refractivity (Wildman–Crippen MR) is 135 cm³/mol. The molecule has 0 spiro atoms. The normalized spacial score (nSPS) is 14.3. The Hall–Kier alpha value is -2.75. The summed E-state index contributed by atoms with van der Waals surface area (Å²) >= 11 is 0. The molecular formula is C23H29IN6O. The summed E-state index contributed by atoms with van der Waals surface area (Å²) in [6.45, 7) is 4.83. The molecule has 2 heterocycles. The molecule has 1 saturated heterocycles. The molecule has 0 bridgehead atoms. The lowest BCUT2D eigenvalue weighted by atomic mass is 10.2. The number of hydrogen-bond donors (Lipinski definition) is 2. The summed E-state index contributed by atoms with van der Waals surface area (Å²) in [4.78, 5) is 8.92. The number of nitrogens with zero attached hydrogens (tertiary/aromatic N) is 5. The minimum Gasteiger partial charge on any atom is -0.506 e. The number of aromatic nitrogens is 2. The minimum atomic E-state index is 0. The van der Waals surface area contributed by atoms with E-state index < -0.39 is 0 Å². The standard InChI is InChI=1S/C23H28N6O.HI/c1-24-23(28-13-11-27(12-14-28)21-9-5-6-10-22(21)30)25-15-20-16-26-29(18-20)17-19-7-3-2-4-8-19;/h2-10,16,18,30H,11-15,17H2,1H3,(H,24,25);1H. The maximum Gasteiger partial charge on any atom is 0.194 e. The Bertz CT molecular complexity index is 982. The van der Waals surface area contributed by atoms with E-state index in [4.69, 9.17) is 0 Å². The van der Waals surface area contributed by atoms with Gasteiger partial charge in [0.05, 0.1) is 18.4 Å². The fourth-order valence-corrected chi connectivity index (χ4v) is 3.76. The molecule has 31 heavy (non-hydrogen) atoms. The van der Waals surface area contributed by atoms with E-state index in [9.17, 15) is 5.11 Å². The number of rotatable bonds is 5. The summed E-state index contributed by atoms with van der Waals surface area (Å²) in [5.41, 5.74) is 3.25. The molecule has 7 nitrogen and oxygen atoms in total. The number of nitrogens with one attached hydrogen (secondary N) is 1. The molecule has 2 aromatic carbocycles. The van der Waals surface area contributed by atoms with Crippen molar-refractivity contribution in [3.05, 3.63) is 78.1 Å². The second-order valence-corrected chi connectivity index (χ2v) is 7.40. The van der Waals surface area contributed by atoms with Crippen molar-refractivity contribution >= 4 is 35.6 Å². The summed E-state index contributed by atoms with van der Waals surface area (Å²) in [5, 5.41) is 18.0. The number of guanidine groups is 1. The molecule has 4 rings (SSSR count). The van der Waals surface area contributed by atoms with Crippen LogP contribution in [0.25, 0.3) is 0 Å². The molecule has 0 atom stereocenters. The fraction of sp³-hybridized carbons (Fsp3) is 0.304. The molecule has 0 aliphatic carbocycles. The Morgan fingerprint density at radius 1 is 1.00 bits per heavy atom. The zero-order chi connectivity index (χ0) is 20.8. The number of para-hydroxylation sites is 2. The number of phenols is 1. The highest BCUT2D eigenvalue weighted by atomic mass is 127. The summed E-state index contributed by atoms with van der Waals surface area (Å²) in [7, 11) is 1.82. The second-order valence-electron chi connectivity index (χ2n) is 7.40. The van der Waals surface area contributed by atoms with E-state index in [1.165, 1.54) is 5.56 Å². The molecule has 0 unspecified atom stereocenters. The van der Waals surface area contributed by atoms with Crippen molar-refractivity contribution in [1.29, 1.82) is 0 Å². The first-order chi connectivity index (χ1) is 14.7. The lowest BCUT2D eigenvalue weighted by Gasteiger charge is -2.37. The summed E-state index contributed by atoms with van der Waals surface area (Å²) < 4.78 is 1.96. The number of benzene rings is 2. The van der Waals surface area contributed by atoms with E-state index in [1.54, 1.807) is 6.07 Å². The Morgan fingerprint density at radius 3 is 2.42 bits per heavy atom. The van der Waals surface area contributed by atoms with Crippen LogP contribution in [-0.2, 0) is 13.1 Å². The zero-order valence-electron chi connectivity index (χ0n) is 17.7. The van der Waals surface area contributed by atoms with Gasteiger partial charge in [-0.25, -0.2) is 0 Å². The van der Waals surface area contributed by atoms with E-state index in [2.05, 4.69) is 43.5 Å². The molecular weight excluding hydrogens is 503 g/mol. The number of aromatic hydroxyl groups is 1. The number of halogens is 1. The Balaban J connectivity index is 0.00000272. The van der Waals surface area contributed by atoms with Crippen LogP contribution in [0.5, 0.6) is 5.75 Å². The smallest absolute Gasteiger partial charge is 0.194 e. The van der Waals surface area contributed by atoms with E-state index in [1.807, 2.05) is 54.3 Å². The lowest BCUT2D eigenvalue weighted by molar-refractivity contribution is 0.369. The molecule has 0 saturated carbocycles. The summed E-state index contributed by atoms with van der Waals surface area (Å²) in [6.07, 6.45) is 3.97. The third-order valence-electron chi connectivity index (χ3n) is 5.34. The van der Waals surface area contributed by atoms with Crippen LogP contribution in [0.4, 0.5) is 5.69 Å². The molecule has 1 aliphatic heterocycles. The van der Waals surface area contributed by atoms with Gasteiger partial charge in [-0.1, -0.05) is 42.5 Å². The van der Waals surface area contributed by atoms with Crippen molar-refractivity contribution in [2.45, 2.75) is 13.1 Å². The predicted octanol–water partition coefficient (Wildman–Crippen LogP) is 3.15. The van der Waals surface area contributed by atoms with Gasteiger partial charge in [0, 0.05) is 51.5 Å². The van der Waals surface area contributed by atoms with Crippen molar-refractivity contribution in [1.82, 2.24) is 20.0 Å². The van der Waals surface area contributed by atoms with Crippen molar-refractivity contribution in [3.63, 3.8) is 0 Å². The van der Waals surface area contributed by atoms with Gasteiger partial charge in [-0.15, -0.1) is 24.0 Å². The van der Waals surface area contributed by atoms with Crippen molar-refractivity contribution in [3.8, 4) is 5.75 Å². The van der Waals surface area contributed by atoms with Gasteiger partial charge in [-0.05, 0) is 17.7 Å². The molecule has 1 aromatic heterocycles. The average Bonchev–Trinajstić information content (AvgIpc) is 3.23. The number of phenolic OH excluding ortho intramolecular Hbond substituents is 1. The van der Waals surface area contributed by atoms with Crippen LogP contribution in [0.3, 0.4) is 0 Å². The first-order valence-corrected chi connectivity index (χ1v) is 10.3. The Kier molecular flexibility index (Phi) is 8.16. The van der Waals surface area contributed by atoms with Gasteiger partial charge in [-0.3, -0.25) is 9.67 Å². The van der Waals surface area contributed by atoms with E-state index in [0.29, 0.717) is 12.3 Å². The molecule has 1 aliphatic rings. The molecule has 0 amide bonds. The first-order valence-electron chi connectivity index (χ1n) is 10.3. The van der Waals surface area contributed by atoms with Crippen LogP contribution < -0.4 is 10.2 Å². The van der Waals surface area contributed by atoms with Crippen molar-refractivity contribution in [2.75, 3.05) is 38.1 Å². The van der Waals surface area contributed by atoms with Crippen LogP contribution in [0.15, 0.2) is 72.0 Å². The van der Waals surface area contributed by atoms with Crippen LogP contribution in [0.2, 0.25) is 0 Å². The number of anilines is 1. The molecule has 164 valence electrons. The molecule has 8 heteroatoms. The van der Waals surface area contributed by atoms with Crippen LogP contribution in [0.1, 0.15) is 11.1 Å². The summed E-state index contributed by atoms with van der Waals surface area (Å²) in [6, 6.07) is 17.8. The second kappa shape index (κ2) is 11.0. The SMILES string of the molecule is CN=C(NCc1cnn(Cc2ccccc2)c1)N1CCN(c2ccccc2O)CC1.I. The topological polar surface area (TPSA) is 68.9 Å². The maximum atomic E-state index is 10.1. The first kappa shape index (κ1) is 22.9. The largest absolute Gasteiger partial charge is 0.506 e. The molecule has 3 aromatic rings. The average molecular weight is 532 g/mol. The number of aliphatic imine (C=N–C) groups is 1. The minimum absolute atomic E-state index is 0. The van der Waals surface area contributed by atoms with Gasteiger partial charge >= 0.3 is 0 Å². The van der Waals surface area contributed by atoms with Gasteiger partial charge in [0.15, 0.2) is 5.96 Å². The molecule has 0 radical (unpaired) electrons. The zero-order valence-corrected chi connectivity index (χ0v) is 20.0.